The van der Waals surface area contributed by atoms with Gasteiger partial charge in [-0.3, -0.25) is 19.3 Å². The van der Waals surface area contributed by atoms with Gasteiger partial charge in [0.1, 0.15) is 0 Å². The van der Waals surface area contributed by atoms with Gasteiger partial charge in [-0.05, 0) is 13.0 Å². The van der Waals surface area contributed by atoms with Crippen LogP contribution in [0.25, 0.3) is 0 Å². The van der Waals surface area contributed by atoms with Crippen molar-refractivity contribution in [3.05, 3.63) is 29.5 Å². The standard InChI is InChI=1S/C16H23N5O2S/c1-3-21(13(2)22)16-18-14(12-24-16)9-19-7-8-23-15(10-19)11-20-6-4-5-17-20/h4-6,12,15H,3,7-11H2,1-2H3/t15-/m1/s1. The average molecular weight is 349 g/mol. The molecule has 8 heteroatoms. The summed E-state index contributed by atoms with van der Waals surface area (Å²) in [5.74, 6) is 0.0315. The second kappa shape index (κ2) is 7.87. The van der Waals surface area contributed by atoms with Crippen LogP contribution in [0, 0.1) is 0 Å². The van der Waals surface area contributed by atoms with Gasteiger partial charge in [0.25, 0.3) is 0 Å². The van der Waals surface area contributed by atoms with Gasteiger partial charge < -0.3 is 4.74 Å². The zero-order valence-corrected chi connectivity index (χ0v) is 14.9. The van der Waals surface area contributed by atoms with Crippen molar-refractivity contribution in [1.82, 2.24) is 19.7 Å². The summed E-state index contributed by atoms with van der Waals surface area (Å²) in [5.41, 5.74) is 1.01. The van der Waals surface area contributed by atoms with E-state index in [0.29, 0.717) is 6.54 Å². The Hall–Kier alpha value is -1.77. The molecule has 3 heterocycles. The summed E-state index contributed by atoms with van der Waals surface area (Å²) in [6.45, 7) is 8.20. The number of thiazole rings is 1. The number of hydrogen-bond acceptors (Lipinski definition) is 6. The molecule has 0 spiro atoms. The maximum atomic E-state index is 11.6. The van der Waals surface area contributed by atoms with Crippen LogP contribution >= 0.6 is 11.3 Å². The first-order valence-electron chi connectivity index (χ1n) is 8.19. The zero-order valence-electron chi connectivity index (χ0n) is 14.1. The fourth-order valence-electron chi connectivity index (χ4n) is 2.87. The molecule has 7 nitrogen and oxygen atoms in total. The number of anilines is 1. The number of aromatic nitrogens is 3. The third-order valence-electron chi connectivity index (χ3n) is 4.03. The summed E-state index contributed by atoms with van der Waals surface area (Å²) in [5, 5.41) is 7.06. The molecule has 1 atom stereocenters. The van der Waals surface area contributed by atoms with Crippen molar-refractivity contribution >= 4 is 22.4 Å². The average Bonchev–Trinajstić information content (AvgIpc) is 3.20. The van der Waals surface area contributed by atoms with Gasteiger partial charge >= 0.3 is 0 Å². The van der Waals surface area contributed by atoms with E-state index in [2.05, 4.69) is 15.0 Å². The molecule has 0 radical (unpaired) electrons. The predicted molar refractivity (Wildman–Crippen MR) is 93.1 cm³/mol. The molecule has 0 saturated carbocycles. The van der Waals surface area contributed by atoms with Crippen LogP contribution in [0.3, 0.4) is 0 Å². The van der Waals surface area contributed by atoms with Crippen molar-refractivity contribution < 1.29 is 9.53 Å². The predicted octanol–water partition coefficient (Wildman–Crippen LogP) is 1.61. The Balaban J connectivity index is 1.57. The second-order valence-electron chi connectivity index (χ2n) is 5.84. The summed E-state index contributed by atoms with van der Waals surface area (Å²) in [6, 6.07) is 1.92. The van der Waals surface area contributed by atoms with E-state index < -0.39 is 0 Å². The first-order valence-corrected chi connectivity index (χ1v) is 9.07. The molecule has 0 N–H and O–H groups in total. The van der Waals surface area contributed by atoms with Crippen molar-refractivity contribution in [2.24, 2.45) is 0 Å². The number of hydrogen-bond donors (Lipinski definition) is 0. The summed E-state index contributed by atoms with van der Waals surface area (Å²) in [4.78, 5) is 20.3. The first kappa shape index (κ1) is 17.1. The Morgan fingerprint density at radius 1 is 1.54 bits per heavy atom. The van der Waals surface area contributed by atoms with Crippen molar-refractivity contribution in [2.45, 2.75) is 33.0 Å². The Kier molecular flexibility index (Phi) is 5.60. The Labute approximate surface area is 145 Å². The largest absolute Gasteiger partial charge is 0.374 e. The van der Waals surface area contributed by atoms with E-state index in [4.69, 9.17) is 4.74 Å². The van der Waals surface area contributed by atoms with Crippen LogP contribution < -0.4 is 4.90 Å². The molecular weight excluding hydrogens is 326 g/mol. The van der Waals surface area contributed by atoms with Crippen LogP contribution in [-0.4, -0.2) is 57.9 Å². The van der Waals surface area contributed by atoms with Crippen LogP contribution in [0.15, 0.2) is 23.8 Å². The first-order chi connectivity index (χ1) is 11.7. The van der Waals surface area contributed by atoms with Crippen LogP contribution in [0.2, 0.25) is 0 Å². The molecule has 1 fully saturated rings. The van der Waals surface area contributed by atoms with Crippen LogP contribution in [0.1, 0.15) is 19.5 Å². The Morgan fingerprint density at radius 3 is 3.12 bits per heavy atom. The molecule has 0 aromatic carbocycles. The normalized spacial score (nSPS) is 18.7. The van der Waals surface area contributed by atoms with Gasteiger partial charge in [-0.25, -0.2) is 4.98 Å². The quantitative estimate of drug-likeness (QED) is 0.793. The van der Waals surface area contributed by atoms with E-state index >= 15 is 0 Å². The number of carbonyl (C=O) groups excluding carboxylic acids is 1. The molecular formula is C16H23N5O2S. The second-order valence-corrected chi connectivity index (χ2v) is 6.68. The lowest BCUT2D eigenvalue weighted by Crippen LogP contribution is -2.43. The fourth-order valence-corrected chi connectivity index (χ4v) is 3.79. The number of rotatable bonds is 6. The lowest BCUT2D eigenvalue weighted by molar-refractivity contribution is -0.116. The van der Waals surface area contributed by atoms with Gasteiger partial charge in [0, 0.05) is 50.9 Å². The van der Waals surface area contributed by atoms with E-state index in [1.54, 1.807) is 18.0 Å². The Morgan fingerprint density at radius 2 is 2.42 bits per heavy atom. The van der Waals surface area contributed by atoms with Gasteiger partial charge in [-0.2, -0.15) is 5.10 Å². The van der Waals surface area contributed by atoms with E-state index in [9.17, 15) is 4.79 Å². The van der Waals surface area contributed by atoms with Crippen molar-refractivity contribution in [2.75, 3.05) is 31.1 Å². The minimum Gasteiger partial charge on any atom is -0.374 e. The van der Waals surface area contributed by atoms with Crippen molar-refractivity contribution in [1.29, 1.82) is 0 Å². The highest BCUT2D eigenvalue weighted by Gasteiger charge is 2.22. The molecule has 130 valence electrons. The zero-order chi connectivity index (χ0) is 16.9. The van der Waals surface area contributed by atoms with Gasteiger partial charge in [-0.15, -0.1) is 11.3 Å². The van der Waals surface area contributed by atoms with E-state index in [1.807, 2.05) is 29.2 Å². The highest BCUT2D eigenvalue weighted by molar-refractivity contribution is 7.14. The van der Waals surface area contributed by atoms with Gasteiger partial charge in [0.2, 0.25) is 5.91 Å². The summed E-state index contributed by atoms with van der Waals surface area (Å²) in [6.07, 6.45) is 3.88. The lowest BCUT2D eigenvalue weighted by Gasteiger charge is -2.32. The molecule has 1 aliphatic heterocycles. The summed E-state index contributed by atoms with van der Waals surface area (Å²) < 4.78 is 7.74. The lowest BCUT2D eigenvalue weighted by atomic mass is 10.2. The van der Waals surface area contributed by atoms with Crippen molar-refractivity contribution in [3.63, 3.8) is 0 Å². The summed E-state index contributed by atoms with van der Waals surface area (Å²) >= 11 is 1.53. The molecule has 2 aromatic rings. The van der Waals surface area contributed by atoms with Crippen LogP contribution in [0.4, 0.5) is 5.13 Å². The molecule has 1 amide bonds. The SMILES string of the molecule is CCN(C(C)=O)c1nc(CN2CCO[C@@H](Cn3cccn3)C2)cs1. The smallest absolute Gasteiger partial charge is 0.225 e. The topological polar surface area (TPSA) is 63.5 Å². The molecule has 2 aromatic heterocycles. The number of amides is 1. The highest BCUT2D eigenvalue weighted by Crippen LogP contribution is 2.22. The fraction of sp³-hybridized carbons (Fsp3) is 0.562. The van der Waals surface area contributed by atoms with E-state index in [1.165, 1.54) is 11.3 Å². The van der Waals surface area contributed by atoms with Gasteiger partial charge in [0.05, 0.1) is 24.9 Å². The third kappa shape index (κ3) is 4.19. The minimum absolute atomic E-state index is 0.0315. The molecule has 1 saturated heterocycles. The molecule has 0 aliphatic carbocycles. The Bertz CT molecular complexity index is 657. The van der Waals surface area contributed by atoms with Gasteiger partial charge in [-0.1, -0.05) is 0 Å². The molecule has 0 bridgehead atoms. The van der Waals surface area contributed by atoms with E-state index in [-0.39, 0.29) is 12.0 Å². The van der Waals surface area contributed by atoms with Gasteiger partial charge in [0.15, 0.2) is 5.13 Å². The molecule has 3 rings (SSSR count). The van der Waals surface area contributed by atoms with Crippen LogP contribution in [0.5, 0.6) is 0 Å². The number of carbonyl (C=O) groups is 1. The molecule has 1 aliphatic rings. The summed E-state index contributed by atoms with van der Waals surface area (Å²) in [7, 11) is 0. The maximum absolute atomic E-state index is 11.6. The number of ether oxygens (including phenoxy) is 1. The highest BCUT2D eigenvalue weighted by atomic mass is 32.1. The van der Waals surface area contributed by atoms with E-state index in [0.717, 1.165) is 43.6 Å². The number of morpholine rings is 1. The monoisotopic (exact) mass is 349 g/mol. The number of nitrogens with zero attached hydrogens (tertiary/aromatic N) is 5. The maximum Gasteiger partial charge on any atom is 0.225 e. The molecule has 24 heavy (non-hydrogen) atoms. The third-order valence-corrected chi connectivity index (χ3v) is 4.94. The van der Waals surface area contributed by atoms with Crippen molar-refractivity contribution in [3.8, 4) is 0 Å². The molecule has 0 unspecified atom stereocenters. The van der Waals surface area contributed by atoms with Crippen LogP contribution in [-0.2, 0) is 22.6 Å². The minimum atomic E-state index is 0.0315.